The molecule has 0 spiro atoms. The molecule has 78 heavy (non-hydrogen) atoms. The van der Waals surface area contributed by atoms with Crippen molar-refractivity contribution in [2.45, 2.75) is 199 Å². The van der Waals surface area contributed by atoms with Crippen molar-refractivity contribution in [1.82, 2.24) is 9.80 Å². The Morgan fingerprint density at radius 3 is 2.27 bits per heavy atom. The minimum absolute atomic E-state index is 0.0153. The number of cyclic esters (lactones) is 1. The van der Waals surface area contributed by atoms with Crippen LogP contribution >= 0.6 is 0 Å². The van der Waals surface area contributed by atoms with Gasteiger partial charge in [-0.1, -0.05) is 71.1 Å². The molecule has 4 heterocycles. The molecular weight excluding hydrogens is 1000 g/mol. The molecule has 440 valence electrons. The number of methoxy groups -OCH3 is 3. The number of allylic oxidation sites excluding steroid dienone is 6. The molecule has 1 amide bonds. The van der Waals surface area contributed by atoms with Gasteiger partial charge in [0.05, 0.1) is 37.1 Å². The first-order valence-electron chi connectivity index (χ1n) is 29.1. The van der Waals surface area contributed by atoms with Crippen LogP contribution in [-0.2, 0) is 61.9 Å². The Morgan fingerprint density at radius 2 is 1.58 bits per heavy atom. The van der Waals surface area contributed by atoms with Gasteiger partial charge in [-0.05, 0) is 145 Å². The average Bonchev–Trinajstić information content (AvgIpc) is 3.52. The summed E-state index contributed by atoms with van der Waals surface area (Å²) < 4.78 is 41.5. The normalized spacial score (nSPS) is 35.1. The Labute approximate surface area is 465 Å². The number of ketones is 3. The lowest BCUT2D eigenvalue weighted by Crippen LogP contribution is -2.61. The average molecular weight is 1100 g/mol. The SMILES string of the molecule is CO[C@H]1C[C@@H]2CC[C@@H](C)[C@@](O)(O2)C(=O)C(=O)N2CCCC[C@H]2C(=O)O[C@H]([C@H](C)C[C@@H]2CC[C@@H](OCCCN3CCC(COC=O)CC3)[C@H](OC)C2)CC(=O)C(C)=CC(C)[C@@H](O)[C@@H](OC)C(=O)[C@H](C)C[C@H](C)C=CC=CC=C1C. The maximum Gasteiger partial charge on any atom is 0.329 e. The maximum atomic E-state index is 14.6. The highest BCUT2D eigenvalue weighted by Gasteiger charge is 2.53. The lowest BCUT2D eigenvalue weighted by Gasteiger charge is -2.42. The molecule has 2 bridgehead atoms. The number of amides is 1. The maximum absolute atomic E-state index is 14.6. The largest absolute Gasteiger partial charge is 0.468 e. The third kappa shape index (κ3) is 18.3. The van der Waals surface area contributed by atoms with Crippen molar-refractivity contribution in [1.29, 1.82) is 0 Å². The fraction of sp³-hybridized carbons (Fsp3) is 0.770. The number of hydrogen-bond donors (Lipinski definition) is 2. The summed E-state index contributed by atoms with van der Waals surface area (Å²) in [6.45, 7) is 17.3. The summed E-state index contributed by atoms with van der Waals surface area (Å²) in [6.07, 6.45) is 15.3. The topological polar surface area (TPSA) is 214 Å². The van der Waals surface area contributed by atoms with E-state index in [2.05, 4.69) is 4.90 Å². The zero-order valence-corrected chi connectivity index (χ0v) is 48.6. The number of carbonyl (C=O) groups excluding carboxylic acids is 6. The smallest absolute Gasteiger partial charge is 0.329 e. The van der Waals surface area contributed by atoms with Crippen molar-refractivity contribution in [2.75, 3.05) is 60.7 Å². The summed E-state index contributed by atoms with van der Waals surface area (Å²) in [7, 11) is 4.67. The second-order valence-electron chi connectivity index (χ2n) is 23.5. The number of rotatable bonds is 14. The summed E-state index contributed by atoms with van der Waals surface area (Å²) in [4.78, 5) is 85.9. The second-order valence-corrected chi connectivity index (χ2v) is 23.5. The number of hydrogen-bond acceptors (Lipinski definition) is 16. The van der Waals surface area contributed by atoms with E-state index < -0.39 is 77.8 Å². The van der Waals surface area contributed by atoms with E-state index in [0.717, 1.165) is 57.3 Å². The molecule has 3 saturated heterocycles. The number of fused-ring (bicyclic) bond motifs is 3. The van der Waals surface area contributed by atoms with E-state index >= 15 is 0 Å². The molecule has 17 nitrogen and oxygen atoms in total. The van der Waals surface area contributed by atoms with Crippen molar-refractivity contribution < 1.29 is 72.1 Å². The van der Waals surface area contributed by atoms with E-state index in [1.54, 1.807) is 41.1 Å². The van der Waals surface area contributed by atoms with Crippen LogP contribution in [0.25, 0.3) is 0 Å². The lowest BCUT2D eigenvalue weighted by molar-refractivity contribution is -0.265. The molecule has 0 aromatic carbocycles. The fourth-order valence-electron chi connectivity index (χ4n) is 12.4. The zero-order valence-electron chi connectivity index (χ0n) is 48.6. The fourth-order valence-corrected chi connectivity index (χ4v) is 12.4. The first-order valence-corrected chi connectivity index (χ1v) is 29.1. The summed E-state index contributed by atoms with van der Waals surface area (Å²) in [5.41, 5.74) is 1.20. The van der Waals surface area contributed by atoms with Gasteiger partial charge in [0, 0.05) is 71.6 Å². The molecule has 2 N–H and O–H groups in total. The number of piperidine rings is 2. The summed E-state index contributed by atoms with van der Waals surface area (Å²) in [5, 5.41) is 23.6. The van der Waals surface area contributed by atoms with Crippen molar-refractivity contribution in [3.63, 3.8) is 0 Å². The van der Waals surface area contributed by atoms with Crippen molar-refractivity contribution in [2.24, 2.45) is 41.4 Å². The summed E-state index contributed by atoms with van der Waals surface area (Å²) >= 11 is 0. The molecule has 17 heteroatoms. The number of likely N-dealkylation sites (tertiary alicyclic amines) is 1. The quantitative estimate of drug-likeness (QED) is 0.0747. The van der Waals surface area contributed by atoms with Crippen LogP contribution in [0.15, 0.2) is 47.6 Å². The van der Waals surface area contributed by atoms with Crippen molar-refractivity contribution in [3.05, 3.63) is 47.6 Å². The molecule has 5 aliphatic rings. The van der Waals surface area contributed by atoms with Gasteiger partial charge in [0.2, 0.25) is 5.79 Å². The highest BCUT2D eigenvalue weighted by molar-refractivity contribution is 6.39. The molecule has 1 aliphatic carbocycles. The molecule has 5 rings (SSSR count). The molecular formula is C61H96N2O15. The van der Waals surface area contributed by atoms with Crippen LogP contribution in [-0.4, -0.2) is 171 Å². The van der Waals surface area contributed by atoms with Gasteiger partial charge < -0.3 is 53.2 Å². The number of ether oxygens (including phenoxy) is 7. The van der Waals surface area contributed by atoms with Gasteiger partial charge in [0.1, 0.15) is 18.2 Å². The molecule has 1 unspecified atom stereocenters. The molecule has 15 atom stereocenters. The Kier molecular flexibility index (Phi) is 26.5. The van der Waals surface area contributed by atoms with Gasteiger partial charge in [-0.3, -0.25) is 24.0 Å². The Balaban J connectivity index is 1.37. The number of carbonyl (C=O) groups is 6. The molecule has 0 aromatic heterocycles. The minimum Gasteiger partial charge on any atom is -0.468 e. The number of nitrogens with zero attached hydrogens (tertiary/aromatic N) is 2. The van der Waals surface area contributed by atoms with Crippen LogP contribution in [0, 0.1) is 41.4 Å². The first-order chi connectivity index (χ1) is 37.2. The highest BCUT2D eigenvalue weighted by atomic mass is 16.6. The Bertz CT molecular complexity index is 2080. The summed E-state index contributed by atoms with van der Waals surface area (Å²) in [6, 6.07) is -1.15. The van der Waals surface area contributed by atoms with E-state index in [4.69, 9.17) is 33.2 Å². The van der Waals surface area contributed by atoms with E-state index in [0.29, 0.717) is 82.5 Å². The molecule has 0 radical (unpaired) electrons. The van der Waals surface area contributed by atoms with Crippen molar-refractivity contribution in [3.8, 4) is 0 Å². The van der Waals surface area contributed by atoms with Gasteiger partial charge in [-0.2, -0.15) is 0 Å². The van der Waals surface area contributed by atoms with Gasteiger partial charge in [0.25, 0.3) is 18.2 Å². The third-order valence-electron chi connectivity index (χ3n) is 17.5. The number of aliphatic hydroxyl groups is 2. The van der Waals surface area contributed by atoms with E-state index in [-0.39, 0.29) is 60.9 Å². The molecule has 4 fully saturated rings. The molecule has 1 saturated carbocycles. The number of aliphatic hydroxyl groups excluding tert-OH is 1. The van der Waals surface area contributed by atoms with E-state index in [9.17, 15) is 39.0 Å². The standard InChI is InChI=1S/C61H96N2O15/c1-39-17-12-11-13-18-40(2)52(72-8)35-48-22-20-45(7)61(71,78-48)58(68)59(69)63-27-15-14-19-49(63)60(70)77-53(36-50(65)41(3)32-44(6)56(67)57(74-10)55(66)43(5)31-39)42(4)33-47-21-23-51(54(34-47)73-9)76-30-16-26-62-28-24-46(25-29-62)37-75-38-64/h11-13,17-18,32,38-39,42-49,51-54,56-57,67,71H,14-16,19-31,33-37H2,1-10H3/t39-,42-,43-,44?,45-,47+,48+,49+,51-,52+,53+,54-,56-,57+,61-/m1/s1. The van der Waals surface area contributed by atoms with Crippen molar-refractivity contribution >= 4 is 35.7 Å². The third-order valence-corrected chi connectivity index (χ3v) is 17.5. The Hall–Kier alpha value is -3.94. The Morgan fingerprint density at radius 1 is 0.833 bits per heavy atom. The highest BCUT2D eigenvalue weighted by Crippen LogP contribution is 2.38. The predicted octanol–water partition coefficient (Wildman–Crippen LogP) is 7.48. The first kappa shape index (κ1) is 64.9. The lowest BCUT2D eigenvalue weighted by atomic mass is 9.78. The molecule has 0 aromatic rings. The van der Waals surface area contributed by atoms with Gasteiger partial charge >= 0.3 is 5.97 Å². The van der Waals surface area contributed by atoms with Crippen LogP contribution < -0.4 is 0 Å². The monoisotopic (exact) mass is 1100 g/mol. The predicted molar refractivity (Wildman–Crippen MR) is 295 cm³/mol. The van der Waals surface area contributed by atoms with E-state index in [1.807, 2.05) is 58.1 Å². The van der Waals surface area contributed by atoms with Gasteiger partial charge in [-0.15, -0.1) is 0 Å². The number of esters is 1. The zero-order chi connectivity index (χ0) is 57.1. The van der Waals surface area contributed by atoms with Crippen LogP contribution in [0.3, 0.4) is 0 Å². The van der Waals surface area contributed by atoms with Gasteiger partial charge in [0.15, 0.2) is 11.6 Å². The minimum atomic E-state index is -2.44. The van der Waals surface area contributed by atoms with Crippen LogP contribution in [0.5, 0.6) is 0 Å². The summed E-state index contributed by atoms with van der Waals surface area (Å²) in [5.74, 6) is -7.48. The van der Waals surface area contributed by atoms with Gasteiger partial charge in [-0.25, -0.2) is 4.79 Å². The molecule has 4 aliphatic heterocycles. The van der Waals surface area contributed by atoms with Crippen LogP contribution in [0.1, 0.15) is 145 Å². The van der Waals surface area contributed by atoms with Crippen LogP contribution in [0.2, 0.25) is 0 Å². The number of Topliss-reactive ketones (excluding diaryl/α,β-unsaturated/α-hetero) is 3. The van der Waals surface area contributed by atoms with E-state index in [1.165, 1.54) is 12.0 Å². The second kappa shape index (κ2) is 31.9. The van der Waals surface area contributed by atoms with Crippen LogP contribution in [0.4, 0.5) is 0 Å².